The Labute approximate surface area is 110 Å². The van der Waals surface area contributed by atoms with Gasteiger partial charge in [-0.2, -0.15) is 0 Å². The molecule has 2 nitrogen and oxygen atoms in total. The zero-order valence-electron chi connectivity index (χ0n) is 9.72. The smallest absolute Gasteiger partial charge is 0.139 e. The number of hydrogen-bond donors (Lipinski definition) is 0. The lowest BCUT2D eigenvalue weighted by atomic mass is 10.1. The number of methoxy groups -OCH3 is 2. The maximum Gasteiger partial charge on any atom is 0.139 e. The first-order valence-electron chi connectivity index (χ1n) is 5.13. The molecule has 0 amide bonds. The summed E-state index contributed by atoms with van der Waals surface area (Å²) in [5.41, 5.74) is 1.14. The maximum absolute atomic E-state index is 5.94. The highest BCUT2D eigenvalue weighted by Crippen LogP contribution is 2.37. The summed E-state index contributed by atoms with van der Waals surface area (Å²) in [6.07, 6.45) is 1.83. The van der Waals surface area contributed by atoms with Crippen LogP contribution in [0.3, 0.4) is 0 Å². The largest absolute Gasteiger partial charge is 0.495 e. The average Bonchev–Trinajstić information content (AvgIpc) is 2.26. The molecule has 0 fully saturated rings. The molecule has 0 aliphatic carbocycles. The highest BCUT2D eigenvalue weighted by atomic mass is 79.9. The van der Waals surface area contributed by atoms with Crippen molar-refractivity contribution in [1.29, 1.82) is 0 Å². The average molecular weight is 308 g/mol. The molecule has 1 aromatic rings. The quantitative estimate of drug-likeness (QED) is 0.765. The Morgan fingerprint density at radius 3 is 2.50 bits per heavy atom. The van der Waals surface area contributed by atoms with Crippen molar-refractivity contribution < 1.29 is 9.47 Å². The van der Waals surface area contributed by atoms with Gasteiger partial charge in [0.1, 0.15) is 16.0 Å². The van der Waals surface area contributed by atoms with Crippen LogP contribution in [0.5, 0.6) is 11.5 Å². The van der Waals surface area contributed by atoms with Crippen molar-refractivity contribution in [1.82, 2.24) is 0 Å². The number of benzene rings is 1. The molecule has 0 heterocycles. The Hall–Kier alpha value is -0.410. The van der Waals surface area contributed by atoms with E-state index >= 15 is 0 Å². The number of hydrogen-bond acceptors (Lipinski definition) is 2. The normalized spacial score (nSPS) is 12.3. The lowest BCUT2D eigenvalue weighted by Gasteiger charge is -2.13. The summed E-state index contributed by atoms with van der Waals surface area (Å²) in [5.74, 6) is 1.61. The van der Waals surface area contributed by atoms with Crippen LogP contribution in [0.15, 0.2) is 16.6 Å². The van der Waals surface area contributed by atoms with Gasteiger partial charge in [-0.1, -0.05) is 6.07 Å². The van der Waals surface area contributed by atoms with E-state index in [2.05, 4.69) is 15.9 Å². The molecule has 90 valence electrons. The number of rotatable bonds is 5. The molecule has 0 bridgehead atoms. The maximum atomic E-state index is 5.94. The van der Waals surface area contributed by atoms with Gasteiger partial charge in [0.25, 0.3) is 0 Å². The van der Waals surface area contributed by atoms with E-state index in [4.69, 9.17) is 21.1 Å². The third kappa shape index (κ3) is 3.29. The van der Waals surface area contributed by atoms with E-state index in [0.29, 0.717) is 0 Å². The zero-order valence-corrected chi connectivity index (χ0v) is 12.1. The summed E-state index contributed by atoms with van der Waals surface area (Å²) in [4.78, 5) is 0. The first-order valence-corrected chi connectivity index (χ1v) is 6.36. The van der Waals surface area contributed by atoms with Gasteiger partial charge < -0.3 is 9.47 Å². The molecule has 4 heteroatoms. The van der Waals surface area contributed by atoms with Gasteiger partial charge in [0.2, 0.25) is 0 Å². The van der Waals surface area contributed by atoms with E-state index in [1.54, 1.807) is 14.2 Å². The highest BCUT2D eigenvalue weighted by molar-refractivity contribution is 9.10. The molecule has 16 heavy (non-hydrogen) atoms. The minimum absolute atomic E-state index is 0.172. The number of halogens is 2. The molecular weight excluding hydrogens is 291 g/mol. The molecule has 0 radical (unpaired) electrons. The van der Waals surface area contributed by atoms with E-state index in [-0.39, 0.29) is 5.38 Å². The number of alkyl halides is 1. The van der Waals surface area contributed by atoms with E-state index in [9.17, 15) is 0 Å². The monoisotopic (exact) mass is 306 g/mol. The fourth-order valence-electron chi connectivity index (χ4n) is 1.51. The van der Waals surface area contributed by atoms with Crippen molar-refractivity contribution in [3.05, 3.63) is 22.2 Å². The Balaban J connectivity index is 2.96. The Kier molecular flexibility index (Phi) is 5.42. The summed E-state index contributed by atoms with van der Waals surface area (Å²) in [5, 5.41) is 0.172. The minimum atomic E-state index is 0.172. The van der Waals surface area contributed by atoms with Crippen LogP contribution in [-0.2, 0) is 6.42 Å². The van der Waals surface area contributed by atoms with E-state index < -0.39 is 0 Å². The van der Waals surface area contributed by atoms with Gasteiger partial charge in [-0.3, -0.25) is 0 Å². The topological polar surface area (TPSA) is 18.5 Å². The van der Waals surface area contributed by atoms with Gasteiger partial charge >= 0.3 is 0 Å². The van der Waals surface area contributed by atoms with Crippen LogP contribution in [0.4, 0.5) is 0 Å². The second-order valence-electron chi connectivity index (χ2n) is 3.59. The molecular formula is C12H16BrClO2. The third-order valence-electron chi connectivity index (χ3n) is 2.38. The molecule has 0 spiro atoms. The van der Waals surface area contributed by atoms with E-state index in [1.807, 2.05) is 19.1 Å². The van der Waals surface area contributed by atoms with Gasteiger partial charge in [0.05, 0.1) is 14.2 Å². The molecule has 1 rings (SSSR count). The minimum Gasteiger partial charge on any atom is -0.495 e. The van der Waals surface area contributed by atoms with E-state index in [1.165, 1.54) is 0 Å². The van der Waals surface area contributed by atoms with Crippen LogP contribution >= 0.6 is 27.5 Å². The number of aryl methyl sites for hydroxylation is 1. The molecule has 0 N–H and O–H groups in total. The first kappa shape index (κ1) is 13.7. The lowest BCUT2D eigenvalue weighted by molar-refractivity contribution is 0.386. The lowest BCUT2D eigenvalue weighted by Crippen LogP contribution is -1.99. The molecule has 0 saturated heterocycles. The highest BCUT2D eigenvalue weighted by Gasteiger charge is 2.12. The first-order chi connectivity index (χ1) is 7.60. The Morgan fingerprint density at radius 1 is 1.31 bits per heavy atom. The fourth-order valence-corrected chi connectivity index (χ4v) is 2.33. The molecule has 0 aromatic heterocycles. The Morgan fingerprint density at radius 2 is 2.00 bits per heavy atom. The molecule has 0 saturated carbocycles. The van der Waals surface area contributed by atoms with Crippen molar-refractivity contribution in [3.63, 3.8) is 0 Å². The summed E-state index contributed by atoms with van der Waals surface area (Å²) in [6, 6.07) is 3.95. The van der Waals surface area contributed by atoms with Crippen molar-refractivity contribution in [3.8, 4) is 11.5 Å². The number of ether oxygens (including phenoxy) is 2. The van der Waals surface area contributed by atoms with Crippen LogP contribution < -0.4 is 9.47 Å². The van der Waals surface area contributed by atoms with Gasteiger partial charge in [-0.05, 0) is 47.3 Å². The molecule has 0 aliphatic heterocycles. The Bertz CT molecular complexity index is 353. The van der Waals surface area contributed by atoms with Crippen LogP contribution in [0.1, 0.15) is 18.9 Å². The molecule has 1 unspecified atom stereocenters. The fraction of sp³-hybridized carbons (Fsp3) is 0.500. The van der Waals surface area contributed by atoms with Gasteiger partial charge in [0, 0.05) is 5.38 Å². The SMILES string of the molecule is COc1ccc(CCC(C)Cl)c(OC)c1Br. The summed E-state index contributed by atoms with van der Waals surface area (Å²) >= 11 is 9.42. The summed E-state index contributed by atoms with van der Waals surface area (Å²) < 4.78 is 11.5. The second-order valence-corrected chi connectivity index (χ2v) is 5.13. The van der Waals surface area contributed by atoms with Crippen molar-refractivity contribution >= 4 is 27.5 Å². The predicted molar refractivity (Wildman–Crippen MR) is 70.9 cm³/mol. The third-order valence-corrected chi connectivity index (χ3v) is 3.35. The second kappa shape index (κ2) is 6.36. The van der Waals surface area contributed by atoms with Crippen LogP contribution in [0.25, 0.3) is 0 Å². The molecule has 1 atom stereocenters. The van der Waals surface area contributed by atoms with Gasteiger partial charge in [-0.25, -0.2) is 0 Å². The van der Waals surface area contributed by atoms with Crippen LogP contribution in [0, 0.1) is 0 Å². The van der Waals surface area contributed by atoms with Crippen molar-refractivity contribution in [2.24, 2.45) is 0 Å². The van der Waals surface area contributed by atoms with E-state index in [0.717, 1.165) is 34.4 Å². The predicted octanol–water partition coefficient (Wildman–Crippen LogP) is 4.03. The van der Waals surface area contributed by atoms with Gasteiger partial charge in [-0.15, -0.1) is 11.6 Å². The van der Waals surface area contributed by atoms with Crippen molar-refractivity contribution in [2.75, 3.05) is 14.2 Å². The summed E-state index contributed by atoms with van der Waals surface area (Å²) in [7, 11) is 3.30. The summed E-state index contributed by atoms with van der Waals surface area (Å²) in [6.45, 7) is 1.99. The molecule has 0 aliphatic rings. The van der Waals surface area contributed by atoms with Gasteiger partial charge in [0.15, 0.2) is 0 Å². The van der Waals surface area contributed by atoms with Crippen LogP contribution in [0.2, 0.25) is 0 Å². The van der Waals surface area contributed by atoms with Crippen molar-refractivity contribution in [2.45, 2.75) is 25.1 Å². The standard InChI is InChI=1S/C12H16BrClO2/c1-8(14)4-5-9-6-7-10(15-2)11(13)12(9)16-3/h6-8H,4-5H2,1-3H3. The zero-order chi connectivity index (χ0) is 12.1. The molecule has 1 aromatic carbocycles. The van der Waals surface area contributed by atoms with Crippen LogP contribution in [-0.4, -0.2) is 19.6 Å².